The Morgan fingerprint density at radius 1 is 0.947 bits per heavy atom. The normalized spacial score (nSPS) is 56.1. The van der Waals surface area contributed by atoms with Crippen molar-refractivity contribution in [2.45, 2.75) is 71.6 Å². The molecular weight excluding hydrogens is 232 g/mol. The summed E-state index contributed by atoms with van der Waals surface area (Å²) in [5.74, 6) is 0.532. The molecule has 0 aromatic carbocycles. The van der Waals surface area contributed by atoms with Crippen LogP contribution in [0.25, 0.3) is 0 Å². The first-order valence-corrected chi connectivity index (χ1v) is 8.09. The van der Waals surface area contributed by atoms with Crippen LogP contribution in [-0.2, 0) is 4.79 Å². The smallest absolute Gasteiger partial charge is 0.134 e. The molecule has 4 aliphatic carbocycles. The van der Waals surface area contributed by atoms with Crippen LogP contribution < -0.4 is 0 Å². The highest BCUT2D eigenvalue weighted by Gasteiger charge is 2.77. The second kappa shape index (κ2) is 3.18. The average Bonchev–Trinajstić information content (AvgIpc) is 2.82. The molecule has 19 heavy (non-hydrogen) atoms. The van der Waals surface area contributed by atoms with Gasteiger partial charge in [0.15, 0.2) is 0 Å². The fourth-order valence-electron chi connectivity index (χ4n) is 7.28. The Bertz CT molecular complexity index is 492. The minimum absolute atomic E-state index is 0.280. The van der Waals surface area contributed by atoms with Gasteiger partial charge in [0.25, 0.3) is 0 Å². The topological polar surface area (TPSA) is 17.1 Å². The zero-order valence-corrected chi connectivity index (χ0v) is 12.5. The van der Waals surface area contributed by atoms with Crippen LogP contribution in [0, 0.1) is 21.7 Å². The van der Waals surface area contributed by atoms with Crippen LogP contribution in [0.15, 0.2) is 12.2 Å². The van der Waals surface area contributed by atoms with Gasteiger partial charge in [-0.15, -0.1) is 0 Å². The molecule has 4 atom stereocenters. The van der Waals surface area contributed by atoms with E-state index in [0.717, 1.165) is 12.8 Å². The van der Waals surface area contributed by atoms with Crippen molar-refractivity contribution in [3.05, 3.63) is 12.2 Å². The van der Waals surface area contributed by atoms with E-state index in [0.29, 0.717) is 16.6 Å². The third kappa shape index (κ3) is 1.03. The number of Topliss-reactive ketones (excluding diaryl/α,β-unsaturated/α-hetero) is 1. The SMILES string of the molecule is C=C1CCC[C@@]2(C)CC[C@]34CC(=O)C[C@@]3(C)CC[C@]124. The first kappa shape index (κ1) is 12.2. The van der Waals surface area contributed by atoms with Gasteiger partial charge in [0.1, 0.15) is 5.78 Å². The molecule has 0 aromatic rings. The lowest BCUT2D eigenvalue weighted by molar-refractivity contribution is -0.119. The van der Waals surface area contributed by atoms with E-state index in [4.69, 9.17) is 0 Å². The Balaban J connectivity index is 1.96. The van der Waals surface area contributed by atoms with E-state index in [2.05, 4.69) is 20.4 Å². The molecule has 4 saturated carbocycles. The van der Waals surface area contributed by atoms with E-state index in [1.54, 1.807) is 0 Å². The molecule has 0 N–H and O–H groups in total. The molecule has 0 bridgehead atoms. The van der Waals surface area contributed by atoms with Crippen LogP contribution in [-0.4, -0.2) is 5.78 Å². The van der Waals surface area contributed by atoms with Crippen molar-refractivity contribution in [3.63, 3.8) is 0 Å². The van der Waals surface area contributed by atoms with Gasteiger partial charge in [-0.25, -0.2) is 0 Å². The number of ketones is 1. The molecule has 0 saturated heterocycles. The molecule has 0 heterocycles. The summed E-state index contributed by atoms with van der Waals surface area (Å²) in [5.41, 5.74) is 2.81. The summed E-state index contributed by atoms with van der Waals surface area (Å²) in [6.07, 6.45) is 10.8. The third-order valence-electron chi connectivity index (χ3n) is 8.05. The molecule has 2 spiro atoms. The molecule has 4 fully saturated rings. The largest absolute Gasteiger partial charge is 0.300 e. The summed E-state index contributed by atoms with van der Waals surface area (Å²) in [7, 11) is 0. The van der Waals surface area contributed by atoms with Crippen molar-refractivity contribution in [2.24, 2.45) is 21.7 Å². The first-order valence-electron chi connectivity index (χ1n) is 8.09. The lowest BCUT2D eigenvalue weighted by Crippen LogP contribution is -2.48. The Morgan fingerprint density at radius 3 is 2.47 bits per heavy atom. The van der Waals surface area contributed by atoms with Crippen molar-refractivity contribution in [2.75, 3.05) is 0 Å². The Kier molecular flexibility index (Phi) is 2.04. The molecule has 0 radical (unpaired) electrons. The van der Waals surface area contributed by atoms with Gasteiger partial charge in [-0.1, -0.05) is 26.0 Å². The first-order chi connectivity index (χ1) is 8.89. The molecule has 0 aromatic heterocycles. The zero-order valence-electron chi connectivity index (χ0n) is 12.5. The Morgan fingerprint density at radius 2 is 1.68 bits per heavy atom. The van der Waals surface area contributed by atoms with Crippen molar-refractivity contribution < 1.29 is 4.79 Å². The van der Waals surface area contributed by atoms with Crippen molar-refractivity contribution in [1.29, 1.82) is 0 Å². The summed E-state index contributed by atoms with van der Waals surface area (Å²) in [5, 5.41) is 0. The third-order valence-corrected chi connectivity index (χ3v) is 8.05. The van der Waals surface area contributed by atoms with Gasteiger partial charge in [-0.2, -0.15) is 0 Å². The minimum atomic E-state index is 0.280. The van der Waals surface area contributed by atoms with E-state index in [-0.39, 0.29) is 10.8 Å². The van der Waals surface area contributed by atoms with E-state index in [1.807, 2.05) is 0 Å². The van der Waals surface area contributed by atoms with Gasteiger partial charge in [0, 0.05) is 18.3 Å². The predicted octanol–water partition coefficient (Wildman–Crippen LogP) is 4.66. The molecule has 0 amide bonds. The molecule has 104 valence electrons. The molecule has 0 aliphatic heterocycles. The molecule has 1 nitrogen and oxygen atoms in total. The lowest BCUT2D eigenvalue weighted by atomic mass is 9.48. The van der Waals surface area contributed by atoms with E-state index in [9.17, 15) is 4.79 Å². The number of hydrogen-bond donors (Lipinski definition) is 0. The minimum Gasteiger partial charge on any atom is -0.300 e. The van der Waals surface area contributed by atoms with E-state index in [1.165, 1.54) is 50.5 Å². The predicted molar refractivity (Wildman–Crippen MR) is 76.8 cm³/mol. The fourth-order valence-corrected chi connectivity index (χ4v) is 7.28. The number of rotatable bonds is 0. The Labute approximate surface area is 116 Å². The standard InChI is InChI=1S/C18H26O/c1-13-5-4-6-15(2)7-9-17-12-14(19)11-16(17,3)8-10-18(13,15)17/h1,4-12H2,2-3H3/t15-,16+,17-,18-/m0/s1. The van der Waals surface area contributed by atoms with Crippen LogP contribution >= 0.6 is 0 Å². The molecule has 1 heteroatoms. The second-order valence-electron chi connectivity index (χ2n) is 8.46. The number of carbonyl (C=O) groups excluding carboxylic acids is 1. The zero-order chi connectivity index (χ0) is 13.5. The van der Waals surface area contributed by atoms with E-state index < -0.39 is 0 Å². The summed E-state index contributed by atoms with van der Waals surface area (Å²) in [4.78, 5) is 12.3. The highest BCUT2D eigenvalue weighted by molar-refractivity contribution is 5.84. The van der Waals surface area contributed by atoms with Gasteiger partial charge >= 0.3 is 0 Å². The summed E-state index contributed by atoms with van der Waals surface area (Å²) < 4.78 is 0. The van der Waals surface area contributed by atoms with Gasteiger partial charge in [0.05, 0.1) is 0 Å². The van der Waals surface area contributed by atoms with Crippen molar-refractivity contribution >= 4 is 5.78 Å². The fraction of sp³-hybridized carbons (Fsp3) is 0.833. The van der Waals surface area contributed by atoms with Crippen molar-refractivity contribution in [1.82, 2.24) is 0 Å². The molecule has 4 aliphatic rings. The van der Waals surface area contributed by atoms with Gasteiger partial charge < -0.3 is 0 Å². The average molecular weight is 258 g/mol. The lowest BCUT2D eigenvalue weighted by Gasteiger charge is -2.55. The monoisotopic (exact) mass is 258 g/mol. The highest BCUT2D eigenvalue weighted by atomic mass is 16.1. The van der Waals surface area contributed by atoms with Gasteiger partial charge in [-0.3, -0.25) is 4.79 Å². The van der Waals surface area contributed by atoms with Gasteiger partial charge in [0.2, 0.25) is 0 Å². The number of allylic oxidation sites excluding steroid dienone is 1. The quantitative estimate of drug-likeness (QED) is 0.577. The summed E-state index contributed by atoms with van der Waals surface area (Å²) in [6.45, 7) is 9.47. The molecule has 4 rings (SSSR count). The maximum atomic E-state index is 12.3. The number of carbonyl (C=O) groups is 1. The van der Waals surface area contributed by atoms with Crippen LogP contribution in [0.3, 0.4) is 0 Å². The second-order valence-corrected chi connectivity index (χ2v) is 8.46. The van der Waals surface area contributed by atoms with Crippen LogP contribution in [0.5, 0.6) is 0 Å². The number of hydrogen-bond acceptors (Lipinski definition) is 1. The van der Waals surface area contributed by atoms with Crippen LogP contribution in [0.4, 0.5) is 0 Å². The van der Waals surface area contributed by atoms with E-state index >= 15 is 0 Å². The summed E-state index contributed by atoms with van der Waals surface area (Å²) in [6, 6.07) is 0. The Hall–Kier alpha value is -0.590. The maximum absolute atomic E-state index is 12.3. The van der Waals surface area contributed by atoms with Gasteiger partial charge in [-0.05, 0) is 61.2 Å². The molecular formula is C18H26O. The maximum Gasteiger partial charge on any atom is 0.134 e. The van der Waals surface area contributed by atoms with Crippen LogP contribution in [0.1, 0.15) is 71.6 Å². The molecule has 0 unspecified atom stereocenters. The van der Waals surface area contributed by atoms with Crippen LogP contribution in [0.2, 0.25) is 0 Å². The van der Waals surface area contributed by atoms with Crippen molar-refractivity contribution in [3.8, 4) is 0 Å². The summed E-state index contributed by atoms with van der Waals surface area (Å²) >= 11 is 0. The highest BCUT2D eigenvalue weighted by Crippen LogP contribution is 2.84.